The SMILES string of the molecule is CC(C[NH+](C)C)N(C(=O)c1ccc(Cl)cc1Cl)c1cc(-c2ccccc2)sc1C(=O)O.O=C([O-])C(F)(F)F. The van der Waals surface area contributed by atoms with Gasteiger partial charge in [0.05, 0.1) is 43.0 Å². The molecule has 1 aromatic heterocycles. The summed E-state index contributed by atoms with van der Waals surface area (Å²) in [6, 6.07) is 15.7. The molecule has 0 fully saturated rings. The first-order valence-corrected chi connectivity index (χ1v) is 12.5. The first kappa shape index (κ1) is 31.1. The van der Waals surface area contributed by atoms with Gasteiger partial charge in [0.2, 0.25) is 0 Å². The maximum atomic E-state index is 13.6. The number of carboxylic acids is 2. The second-order valence-corrected chi connectivity index (χ2v) is 10.2. The Hall–Kier alpha value is -3.12. The number of rotatable bonds is 7. The highest BCUT2D eigenvalue weighted by Gasteiger charge is 2.32. The van der Waals surface area contributed by atoms with Gasteiger partial charge in [-0.25, -0.2) is 4.79 Å². The third-order valence-corrected chi connectivity index (χ3v) is 6.69. The number of alkyl halides is 3. The van der Waals surface area contributed by atoms with Gasteiger partial charge in [0.25, 0.3) is 5.91 Å². The molecule has 0 aliphatic rings. The molecular weight excluding hydrogens is 568 g/mol. The van der Waals surface area contributed by atoms with Crippen molar-refractivity contribution in [2.45, 2.75) is 19.1 Å². The van der Waals surface area contributed by atoms with Crippen molar-refractivity contribution in [1.29, 1.82) is 0 Å². The van der Waals surface area contributed by atoms with Crippen LogP contribution in [0.3, 0.4) is 0 Å². The molecule has 38 heavy (non-hydrogen) atoms. The van der Waals surface area contributed by atoms with Crippen LogP contribution in [-0.2, 0) is 4.79 Å². The number of carboxylic acid groups (broad SMARTS) is 2. The Morgan fingerprint density at radius 3 is 2.13 bits per heavy atom. The van der Waals surface area contributed by atoms with E-state index >= 15 is 0 Å². The van der Waals surface area contributed by atoms with Crippen molar-refractivity contribution in [2.75, 3.05) is 25.5 Å². The summed E-state index contributed by atoms with van der Waals surface area (Å²) in [5.41, 5.74) is 1.53. The second kappa shape index (κ2) is 13.1. The molecule has 0 bridgehead atoms. The average molecular weight is 591 g/mol. The molecule has 0 aliphatic heterocycles. The van der Waals surface area contributed by atoms with Crippen LogP contribution in [0, 0.1) is 0 Å². The van der Waals surface area contributed by atoms with Gasteiger partial charge in [-0.1, -0.05) is 53.5 Å². The molecule has 3 aromatic rings. The van der Waals surface area contributed by atoms with Crippen LogP contribution in [0.5, 0.6) is 0 Å². The van der Waals surface area contributed by atoms with E-state index in [1.165, 1.54) is 11.0 Å². The van der Waals surface area contributed by atoms with E-state index in [9.17, 15) is 27.9 Å². The molecule has 0 aliphatic carbocycles. The Labute approximate surface area is 230 Å². The quantitative estimate of drug-likeness (QED) is 0.434. The molecule has 0 saturated heterocycles. The molecule has 1 heterocycles. The molecule has 0 saturated carbocycles. The number of hydrogen-bond acceptors (Lipinski definition) is 5. The lowest BCUT2D eigenvalue weighted by molar-refractivity contribution is -0.858. The van der Waals surface area contributed by atoms with Crippen LogP contribution in [0.2, 0.25) is 10.0 Å². The van der Waals surface area contributed by atoms with Gasteiger partial charge in [-0.3, -0.25) is 9.69 Å². The van der Waals surface area contributed by atoms with E-state index in [0.717, 1.165) is 26.7 Å². The molecule has 2 aromatic carbocycles. The predicted octanol–water partition coefficient (Wildman–Crippen LogP) is 3.90. The fraction of sp³-hybridized carbons (Fsp3) is 0.240. The van der Waals surface area contributed by atoms with Crippen molar-refractivity contribution < 1.29 is 42.7 Å². The van der Waals surface area contributed by atoms with Gasteiger partial charge in [0.1, 0.15) is 10.8 Å². The van der Waals surface area contributed by atoms with Gasteiger partial charge in [0.15, 0.2) is 0 Å². The third-order valence-electron chi connectivity index (χ3n) is 4.98. The van der Waals surface area contributed by atoms with Crippen molar-refractivity contribution in [3.8, 4) is 10.4 Å². The average Bonchev–Trinajstić information content (AvgIpc) is 3.24. The molecular formula is C25H23Cl2F3N2O5S. The van der Waals surface area contributed by atoms with Crippen molar-refractivity contribution in [1.82, 2.24) is 0 Å². The van der Waals surface area contributed by atoms with Gasteiger partial charge in [-0.2, -0.15) is 13.2 Å². The maximum absolute atomic E-state index is 13.6. The summed E-state index contributed by atoms with van der Waals surface area (Å²) in [4.78, 5) is 38.1. The minimum absolute atomic E-state index is 0.109. The Morgan fingerprint density at radius 2 is 1.66 bits per heavy atom. The molecule has 1 unspecified atom stereocenters. The van der Waals surface area contributed by atoms with Gasteiger partial charge in [-0.05, 0) is 36.8 Å². The molecule has 3 rings (SSSR count). The zero-order chi connectivity index (χ0) is 28.8. The standard InChI is InChI=1S/C23H22Cl2N2O3S.C2HF3O2/c1-14(13-26(2)3)27(22(28)17-10-9-16(24)11-18(17)25)19-12-20(31-21(19)23(29)30)15-7-5-4-6-8-15;3-2(4,5)1(6)7/h4-12,14H,13H2,1-3H3,(H,29,30);(H,6,7). The Bertz CT molecular complexity index is 1300. The fourth-order valence-corrected chi connectivity index (χ4v) is 4.96. The highest BCUT2D eigenvalue weighted by Crippen LogP contribution is 2.38. The van der Waals surface area contributed by atoms with Crippen LogP contribution in [-0.4, -0.2) is 55.8 Å². The van der Waals surface area contributed by atoms with Crippen molar-refractivity contribution >= 4 is 58.1 Å². The number of quaternary nitrogens is 1. The smallest absolute Gasteiger partial charge is 0.430 e. The van der Waals surface area contributed by atoms with Gasteiger partial charge in [-0.15, -0.1) is 11.3 Å². The number of nitrogens with one attached hydrogen (secondary N) is 1. The van der Waals surface area contributed by atoms with Gasteiger partial charge >= 0.3 is 12.1 Å². The monoisotopic (exact) mass is 590 g/mol. The highest BCUT2D eigenvalue weighted by molar-refractivity contribution is 7.18. The van der Waals surface area contributed by atoms with Gasteiger partial charge < -0.3 is 19.9 Å². The predicted molar refractivity (Wildman–Crippen MR) is 138 cm³/mol. The number of halogens is 5. The molecule has 0 radical (unpaired) electrons. The number of aromatic carboxylic acids is 1. The van der Waals surface area contributed by atoms with E-state index in [0.29, 0.717) is 17.3 Å². The first-order valence-electron chi connectivity index (χ1n) is 10.9. The second-order valence-electron chi connectivity index (χ2n) is 8.34. The highest BCUT2D eigenvalue weighted by atomic mass is 35.5. The zero-order valence-corrected chi connectivity index (χ0v) is 22.6. The maximum Gasteiger partial charge on any atom is 0.430 e. The van der Waals surface area contributed by atoms with E-state index in [-0.39, 0.29) is 27.4 Å². The number of aliphatic carboxylic acids is 1. The first-order chi connectivity index (χ1) is 17.6. The molecule has 1 amide bonds. The molecule has 1 atom stereocenters. The number of carbonyl (C=O) groups is 3. The summed E-state index contributed by atoms with van der Waals surface area (Å²) in [7, 11) is 3.96. The van der Waals surface area contributed by atoms with Crippen molar-refractivity contribution in [3.05, 3.63) is 75.1 Å². The lowest BCUT2D eigenvalue weighted by Gasteiger charge is -2.30. The fourth-order valence-electron chi connectivity index (χ4n) is 3.48. The van der Waals surface area contributed by atoms with E-state index in [2.05, 4.69) is 0 Å². The summed E-state index contributed by atoms with van der Waals surface area (Å²) in [6.07, 6.45) is -5.19. The van der Waals surface area contributed by atoms with E-state index in [4.69, 9.17) is 33.1 Å². The number of nitrogens with zero attached hydrogens (tertiary/aromatic N) is 1. The number of benzene rings is 2. The van der Waals surface area contributed by atoms with Crippen LogP contribution in [0.1, 0.15) is 27.0 Å². The van der Waals surface area contributed by atoms with Crippen LogP contribution >= 0.6 is 34.5 Å². The zero-order valence-electron chi connectivity index (χ0n) is 20.3. The number of amides is 1. The number of likely N-dealkylation sites (N-methyl/N-ethyl adjacent to an activating group) is 1. The van der Waals surface area contributed by atoms with Crippen LogP contribution < -0.4 is 14.9 Å². The lowest BCUT2D eigenvalue weighted by Crippen LogP contribution is -3.07. The summed E-state index contributed by atoms with van der Waals surface area (Å²) in [5.74, 6) is -4.45. The number of hydrogen-bond donors (Lipinski definition) is 2. The molecule has 13 heteroatoms. The normalized spacial score (nSPS) is 11.9. The van der Waals surface area contributed by atoms with E-state index in [1.54, 1.807) is 18.2 Å². The minimum Gasteiger partial charge on any atom is -0.542 e. The largest absolute Gasteiger partial charge is 0.542 e. The minimum atomic E-state index is -5.19. The summed E-state index contributed by atoms with van der Waals surface area (Å²) >= 11 is 13.5. The summed E-state index contributed by atoms with van der Waals surface area (Å²) < 4.78 is 31.5. The van der Waals surface area contributed by atoms with Crippen LogP contribution in [0.15, 0.2) is 54.6 Å². The van der Waals surface area contributed by atoms with Crippen LogP contribution in [0.4, 0.5) is 18.9 Å². The topological polar surface area (TPSA) is 102 Å². The molecule has 0 spiro atoms. The van der Waals surface area contributed by atoms with E-state index < -0.39 is 18.1 Å². The third kappa shape index (κ3) is 8.19. The molecule has 2 N–H and O–H groups in total. The summed E-state index contributed by atoms with van der Waals surface area (Å²) in [5, 5.41) is 19.3. The van der Waals surface area contributed by atoms with E-state index in [1.807, 2.05) is 51.4 Å². The van der Waals surface area contributed by atoms with Crippen molar-refractivity contribution in [2.24, 2.45) is 0 Å². The summed E-state index contributed by atoms with van der Waals surface area (Å²) in [6.45, 7) is 2.52. The van der Waals surface area contributed by atoms with Gasteiger partial charge in [0, 0.05) is 9.90 Å². The number of anilines is 1. The lowest BCUT2D eigenvalue weighted by atomic mass is 10.1. The Kier molecular flexibility index (Phi) is 10.7. The Balaban J connectivity index is 0.000000638. The Morgan fingerprint density at radius 1 is 1.08 bits per heavy atom. The van der Waals surface area contributed by atoms with Crippen LogP contribution in [0.25, 0.3) is 10.4 Å². The number of thiophene rings is 1. The molecule has 204 valence electrons. The van der Waals surface area contributed by atoms with Crippen molar-refractivity contribution in [3.63, 3.8) is 0 Å². The molecule has 7 nitrogen and oxygen atoms in total. The number of carbonyl (C=O) groups excluding carboxylic acids is 2.